The molecule has 0 heterocycles. The van der Waals surface area contributed by atoms with Crippen molar-refractivity contribution in [3.8, 4) is 0 Å². The maximum atomic E-state index is 5.49. The predicted molar refractivity (Wildman–Crippen MR) is 41.2 cm³/mol. The Labute approximate surface area is 58.0 Å². The van der Waals surface area contributed by atoms with E-state index in [1.54, 1.807) is 0 Å². The molecule has 0 aliphatic carbocycles. The van der Waals surface area contributed by atoms with Gasteiger partial charge in [0.15, 0.2) is 0 Å². The Morgan fingerprint density at radius 1 is 1.44 bits per heavy atom. The first kappa shape index (κ1) is 8.92. The van der Waals surface area contributed by atoms with Crippen LogP contribution in [0.25, 0.3) is 0 Å². The Hall–Kier alpha value is -0.0800. The molecule has 56 valence electrons. The van der Waals surface area contributed by atoms with Gasteiger partial charge >= 0.3 is 0 Å². The summed E-state index contributed by atoms with van der Waals surface area (Å²) in [5, 5.41) is 0. The van der Waals surface area contributed by atoms with E-state index in [0.717, 1.165) is 6.54 Å². The summed E-state index contributed by atoms with van der Waals surface area (Å²) in [6.07, 6.45) is 1.19. The van der Waals surface area contributed by atoms with E-state index < -0.39 is 0 Å². The van der Waals surface area contributed by atoms with Crippen LogP contribution in [0.5, 0.6) is 0 Å². The highest BCUT2D eigenvalue weighted by molar-refractivity contribution is 4.60. The molecule has 0 saturated carbocycles. The van der Waals surface area contributed by atoms with Crippen LogP contribution in [0.15, 0.2) is 0 Å². The summed E-state index contributed by atoms with van der Waals surface area (Å²) >= 11 is 0. The van der Waals surface area contributed by atoms with Crippen molar-refractivity contribution in [1.29, 1.82) is 0 Å². The Balaban J connectivity index is 3.50. The van der Waals surface area contributed by atoms with E-state index in [2.05, 4.69) is 25.7 Å². The van der Waals surface area contributed by atoms with Gasteiger partial charge in [0.05, 0.1) is 0 Å². The van der Waals surface area contributed by atoms with Crippen molar-refractivity contribution in [2.75, 3.05) is 13.2 Å². The topological polar surface area (TPSA) is 29.3 Å². The summed E-state index contributed by atoms with van der Waals surface area (Å²) < 4.78 is 0. The third kappa shape index (κ3) is 2.82. The zero-order valence-electron chi connectivity index (χ0n) is 6.72. The van der Waals surface area contributed by atoms with Crippen molar-refractivity contribution >= 4 is 0 Å². The Morgan fingerprint density at radius 2 is 2.00 bits per heavy atom. The molecule has 9 heavy (non-hydrogen) atoms. The maximum Gasteiger partial charge on any atom is 0.0457 e. The Bertz CT molecular complexity index is 59.9. The first-order valence-corrected chi connectivity index (χ1v) is 3.70. The fraction of sp³-hybridized carbons (Fsp3) is 1.00. The van der Waals surface area contributed by atoms with Gasteiger partial charge in [-0.3, -0.25) is 4.90 Å². The molecule has 0 fully saturated rings. The Kier molecular flexibility index (Phi) is 4.72. The van der Waals surface area contributed by atoms with Gasteiger partial charge in [0.2, 0.25) is 0 Å². The smallest absolute Gasteiger partial charge is 0.0457 e. The fourth-order valence-electron chi connectivity index (χ4n) is 0.879. The van der Waals surface area contributed by atoms with Crippen LogP contribution in [0.1, 0.15) is 27.2 Å². The van der Waals surface area contributed by atoms with Gasteiger partial charge in [0.1, 0.15) is 0 Å². The standard InChI is InChI=1S/C7H18N2/c1-4-7(3)9(5-2)6-8/h7H,4-6,8H2,1-3H3. The molecule has 2 N–H and O–H groups in total. The van der Waals surface area contributed by atoms with E-state index in [-0.39, 0.29) is 0 Å². The minimum Gasteiger partial charge on any atom is -0.318 e. The summed E-state index contributed by atoms with van der Waals surface area (Å²) in [5.74, 6) is 0. The summed E-state index contributed by atoms with van der Waals surface area (Å²) in [5.41, 5.74) is 5.49. The lowest BCUT2D eigenvalue weighted by atomic mass is 10.2. The molecular formula is C7H18N2. The molecule has 0 aliphatic rings. The minimum atomic E-state index is 0.639. The largest absolute Gasteiger partial charge is 0.318 e. The second-order valence-corrected chi connectivity index (χ2v) is 2.34. The molecule has 2 nitrogen and oxygen atoms in total. The summed E-state index contributed by atoms with van der Waals surface area (Å²) in [6.45, 7) is 8.27. The van der Waals surface area contributed by atoms with Gasteiger partial charge in [-0.1, -0.05) is 13.8 Å². The number of nitrogens with two attached hydrogens (primary N) is 1. The van der Waals surface area contributed by atoms with E-state index in [4.69, 9.17) is 5.73 Å². The molecule has 0 aromatic carbocycles. The molecule has 0 aliphatic heterocycles. The van der Waals surface area contributed by atoms with Crippen molar-refractivity contribution in [1.82, 2.24) is 4.90 Å². The van der Waals surface area contributed by atoms with Crippen LogP contribution in [-0.2, 0) is 0 Å². The zero-order valence-corrected chi connectivity index (χ0v) is 6.72. The zero-order chi connectivity index (χ0) is 7.28. The van der Waals surface area contributed by atoms with Gasteiger partial charge in [-0.05, 0) is 19.9 Å². The fourth-order valence-corrected chi connectivity index (χ4v) is 0.879. The lowest BCUT2D eigenvalue weighted by Crippen LogP contribution is -2.36. The first-order valence-electron chi connectivity index (χ1n) is 3.70. The van der Waals surface area contributed by atoms with Crippen LogP contribution >= 0.6 is 0 Å². The summed E-state index contributed by atoms with van der Waals surface area (Å²) in [7, 11) is 0. The molecular weight excluding hydrogens is 112 g/mol. The molecule has 0 radical (unpaired) electrons. The maximum absolute atomic E-state index is 5.49. The van der Waals surface area contributed by atoms with E-state index >= 15 is 0 Å². The molecule has 1 unspecified atom stereocenters. The second kappa shape index (κ2) is 4.77. The lowest BCUT2D eigenvalue weighted by Gasteiger charge is -2.24. The van der Waals surface area contributed by atoms with E-state index in [1.165, 1.54) is 6.42 Å². The van der Waals surface area contributed by atoms with Crippen LogP contribution in [0.2, 0.25) is 0 Å². The SMILES string of the molecule is CCC(C)N(CC)CN. The number of nitrogens with zero attached hydrogens (tertiary/aromatic N) is 1. The molecule has 1 atom stereocenters. The molecule has 0 bridgehead atoms. The van der Waals surface area contributed by atoms with Crippen molar-refractivity contribution in [3.05, 3.63) is 0 Å². The van der Waals surface area contributed by atoms with Gasteiger partial charge in [0.25, 0.3) is 0 Å². The molecule has 0 rings (SSSR count). The molecule has 0 saturated heterocycles. The molecule has 0 aromatic heterocycles. The van der Waals surface area contributed by atoms with Gasteiger partial charge in [0, 0.05) is 12.7 Å². The van der Waals surface area contributed by atoms with Gasteiger partial charge in [-0.25, -0.2) is 0 Å². The van der Waals surface area contributed by atoms with E-state index in [9.17, 15) is 0 Å². The lowest BCUT2D eigenvalue weighted by molar-refractivity contribution is 0.221. The van der Waals surface area contributed by atoms with Crippen molar-refractivity contribution < 1.29 is 0 Å². The predicted octanol–water partition coefficient (Wildman–Crippen LogP) is 1.02. The van der Waals surface area contributed by atoms with Gasteiger partial charge < -0.3 is 5.73 Å². The average Bonchev–Trinajstić information content (AvgIpc) is 1.90. The molecule has 0 amide bonds. The molecule has 2 heteroatoms. The summed E-state index contributed by atoms with van der Waals surface area (Å²) in [4.78, 5) is 2.25. The molecule has 0 spiro atoms. The van der Waals surface area contributed by atoms with E-state index in [1.807, 2.05) is 0 Å². The van der Waals surface area contributed by atoms with Gasteiger partial charge in [-0.2, -0.15) is 0 Å². The van der Waals surface area contributed by atoms with Crippen molar-refractivity contribution in [3.63, 3.8) is 0 Å². The Morgan fingerprint density at radius 3 is 2.11 bits per heavy atom. The normalized spacial score (nSPS) is 14.3. The number of rotatable bonds is 4. The first-order chi connectivity index (χ1) is 4.26. The number of hydrogen-bond acceptors (Lipinski definition) is 2. The quantitative estimate of drug-likeness (QED) is 0.576. The van der Waals surface area contributed by atoms with Crippen LogP contribution in [-0.4, -0.2) is 24.2 Å². The highest BCUT2D eigenvalue weighted by Gasteiger charge is 2.05. The monoisotopic (exact) mass is 130 g/mol. The van der Waals surface area contributed by atoms with Crippen molar-refractivity contribution in [2.24, 2.45) is 5.73 Å². The van der Waals surface area contributed by atoms with Crippen molar-refractivity contribution in [2.45, 2.75) is 33.2 Å². The van der Waals surface area contributed by atoms with E-state index in [0.29, 0.717) is 12.7 Å². The van der Waals surface area contributed by atoms with Crippen LogP contribution in [0.3, 0.4) is 0 Å². The average molecular weight is 130 g/mol. The highest BCUT2D eigenvalue weighted by Crippen LogP contribution is 1.99. The van der Waals surface area contributed by atoms with Gasteiger partial charge in [-0.15, -0.1) is 0 Å². The third-order valence-corrected chi connectivity index (χ3v) is 1.85. The molecule has 0 aromatic rings. The number of hydrogen-bond donors (Lipinski definition) is 1. The minimum absolute atomic E-state index is 0.639. The second-order valence-electron chi connectivity index (χ2n) is 2.34. The highest BCUT2D eigenvalue weighted by atomic mass is 15.2. The third-order valence-electron chi connectivity index (χ3n) is 1.85. The van der Waals surface area contributed by atoms with Crippen LogP contribution < -0.4 is 5.73 Å². The van der Waals surface area contributed by atoms with Crippen LogP contribution in [0.4, 0.5) is 0 Å². The summed E-state index contributed by atoms with van der Waals surface area (Å²) in [6, 6.07) is 0.639. The van der Waals surface area contributed by atoms with Crippen LogP contribution in [0, 0.1) is 0 Å².